The van der Waals surface area contributed by atoms with Gasteiger partial charge >= 0.3 is 11.7 Å². The Morgan fingerprint density at radius 1 is 1.22 bits per heavy atom. The number of carbonyl (C=O) groups excluding carboxylic acids is 1. The van der Waals surface area contributed by atoms with Gasteiger partial charge in [0.25, 0.3) is 0 Å². The molecule has 1 heterocycles. The van der Waals surface area contributed by atoms with E-state index in [0.717, 1.165) is 0 Å². The Kier molecular flexibility index (Phi) is 3.71. The summed E-state index contributed by atoms with van der Waals surface area (Å²) in [5.41, 5.74) is 1.06. The van der Waals surface area contributed by atoms with Gasteiger partial charge in [0.15, 0.2) is 0 Å². The second-order valence-electron chi connectivity index (χ2n) is 4.84. The van der Waals surface area contributed by atoms with Gasteiger partial charge in [-0.25, -0.2) is 9.48 Å². The van der Waals surface area contributed by atoms with E-state index in [4.69, 9.17) is 4.74 Å². The zero-order valence-electron chi connectivity index (χ0n) is 12.1. The molecule has 8 heteroatoms. The minimum absolute atomic E-state index is 0.0984. The van der Waals surface area contributed by atoms with Crippen molar-refractivity contribution in [3.8, 4) is 5.75 Å². The van der Waals surface area contributed by atoms with Crippen LogP contribution >= 0.6 is 0 Å². The number of nitro groups is 1. The number of carbonyl (C=O) groups is 1. The Labute approximate surface area is 130 Å². The molecule has 0 saturated heterocycles. The fourth-order valence-corrected chi connectivity index (χ4v) is 2.16. The van der Waals surface area contributed by atoms with Gasteiger partial charge in [-0.15, -0.1) is 5.10 Å². The van der Waals surface area contributed by atoms with Crippen LogP contribution in [0.25, 0.3) is 11.0 Å². The predicted molar refractivity (Wildman–Crippen MR) is 81.0 cm³/mol. The molecule has 116 valence electrons. The summed E-state index contributed by atoms with van der Waals surface area (Å²) in [6.45, 7) is 1.60. The van der Waals surface area contributed by atoms with Gasteiger partial charge in [-0.2, -0.15) is 0 Å². The molecule has 0 bridgehead atoms. The molecule has 0 N–H and O–H groups in total. The second-order valence-corrected chi connectivity index (χ2v) is 4.84. The van der Waals surface area contributed by atoms with E-state index in [-0.39, 0.29) is 11.4 Å². The summed E-state index contributed by atoms with van der Waals surface area (Å²) in [6.07, 6.45) is 0. The number of aromatic nitrogens is 3. The van der Waals surface area contributed by atoms with E-state index in [1.165, 1.54) is 22.9 Å². The van der Waals surface area contributed by atoms with Crippen LogP contribution in [0, 0.1) is 10.1 Å². The van der Waals surface area contributed by atoms with Crippen molar-refractivity contribution in [2.24, 2.45) is 0 Å². The minimum atomic E-state index is -0.776. The van der Waals surface area contributed by atoms with Crippen LogP contribution in [0.4, 0.5) is 5.69 Å². The molecule has 0 aliphatic carbocycles. The number of esters is 1. The third kappa shape index (κ3) is 2.73. The topological polar surface area (TPSA) is 100 Å². The Hall–Kier alpha value is -3.29. The number of hydrogen-bond acceptors (Lipinski definition) is 6. The quantitative estimate of drug-likeness (QED) is 0.317. The molecule has 1 aromatic heterocycles. The lowest BCUT2D eigenvalue weighted by Crippen LogP contribution is -2.23. The van der Waals surface area contributed by atoms with Gasteiger partial charge < -0.3 is 4.74 Å². The number of nitro benzene ring substituents is 1. The van der Waals surface area contributed by atoms with Crippen LogP contribution in [-0.4, -0.2) is 25.9 Å². The molecular formula is C15H12N4O4. The van der Waals surface area contributed by atoms with Crippen molar-refractivity contribution in [2.75, 3.05) is 0 Å². The van der Waals surface area contributed by atoms with Gasteiger partial charge in [-0.3, -0.25) is 10.1 Å². The summed E-state index contributed by atoms with van der Waals surface area (Å²) in [6, 6.07) is 12.1. The van der Waals surface area contributed by atoms with Gasteiger partial charge in [0, 0.05) is 6.07 Å². The third-order valence-corrected chi connectivity index (χ3v) is 3.36. The summed E-state index contributed by atoms with van der Waals surface area (Å²) < 4.78 is 6.60. The van der Waals surface area contributed by atoms with E-state index in [0.29, 0.717) is 11.0 Å². The lowest BCUT2D eigenvalue weighted by molar-refractivity contribution is -0.385. The first-order valence-electron chi connectivity index (χ1n) is 6.83. The van der Waals surface area contributed by atoms with Crippen molar-refractivity contribution in [3.05, 3.63) is 58.6 Å². The van der Waals surface area contributed by atoms with E-state index in [1.807, 2.05) is 12.1 Å². The lowest BCUT2D eigenvalue weighted by Gasteiger charge is -2.12. The predicted octanol–water partition coefficient (Wildman–Crippen LogP) is 2.51. The van der Waals surface area contributed by atoms with E-state index in [1.54, 1.807) is 25.1 Å². The maximum Gasteiger partial charge on any atom is 0.336 e. The molecule has 0 aliphatic heterocycles. The number of benzene rings is 2. The van der Waals surface area contributed by atoms with Crippen molar-refractivity contribution in [3.63, 3.8) is 0 Å². The molecule has 3 rings (SSSR count). The monoisotopic (exact) mass is 312 g/mol. The third-order valence-electron chi connectivity index (χ3n) is 3.36. The molecular weight excluding hydrogens is 300 g/mol. The highest BCUT2D eigenvalue weighted by Crippen LogP contribution is 2.27. The Balaban J connectivity index is 1.88. The lowest BCUT2D eigenvalue weighted by atomic mass is 10.2. The van der Waals surface area contributed by atoms with Crippen LogP contribution in [0.3, 0.4) is 0 Å². The number of hydrogen-bond donors (Lipinski definition) is 0. The van der Waals surface area contributed by atoms with Crippen LogP contribution in [-0.2, 0) is 4.79 Å². The van der Waals surface area contributed by atoms with Crippen molar-refractivity contribution in [1.82, 2.24) is 15.0 Å². The van der Waals surface area contributed by atoms with Crippen LogP contribution in [0.2, 0.25) is 0 Å². The van der Waals surface area contributed by atoms with E-state index in [2.05, 4.69) is 10.3 Å². The normalized spacial score (nSPS) is 12.0. The van der Waals surface area contributed by atoms with Gasteiger partial charge in [0.1, 0.15) is 11.6 Å². The molecule has 23 heavy (non-hydrogen) atoms. The van der Waals surface area contributed by atoms with Crippen molar-refractivity contribution >= 4 is 22.7 Å². The van der Waals surface area contributed by atoms with Crippen LogP contribution < -0.4 is 4.74 Å². The summed E-state index contributed by atoms with van der Waals surface area (Å²) in [5.74, 6) is -0.756. The first-order valence-corrected chi connectivity index (χ1v) is 6.83. The van der Waals surface area contributed by atoms with Crippen molar-refractivity contribution in [2.45, 2.75) is 13.0 Å². The molecule has 0 aliphatic rings. The van der Waals surface area contributed by atoms with Gasteiger partial charge in [0.05, 0.1) is 10.4 Å². The maximum absolute atomic E-state index is 12.3. The molecule has 8 nitrogen and oxygen atoms in total. The average molecular weight is 312 g/mol. The largest absolute Gasteiger partial charge is 0.418 e. The molecule has 2 aromatic carbocycles. The minimum Gasteiger partial charge on any atom is -0.418 e. The molecule has 1 atom stereocenters. The summed E-state index contributed by atoms with van der Waals surface area (Å²) in [7, 11) is 0. The number of ether oxygens (including phenoxy) is 1. The average Bonchev–Trinajstić information content (AvgIpc) is 2.98. The fraction of sp³-hybridized carbons (Fsp3) is 0.133. The first-order chi connectivity index (χ1) is 11.1. The van der Waals surface area contributed by atoms with E-state index >= 15 is 0 Å². The summed E-state index contributed by atoms with van der Waals surface area (Å²) in [4.78, 5) is 22.7. The van der Waals surface area contributed by atoms with Crippen LogP contribution in [0.1, 0.15) is 13.0 Å². The smallest absolute Gasteiger partial charge is 0.336 e. The zero-order valence-corrected chi connectivity index (χ0v) is 12.1. The first kappa shape index (κ1) is 14.6. The number of fused-ring (bicyclic) bond motifs is 1. The highest BCUT2D eigenvalue weighted by atomic mass is 16.6. The Morgan fingerprint density at radius 2 is 1.91 bits per heavy atom. The highest BCUT2D eigenvalue weighted by molar-refractivity contribution is 5.81. The molecule has 0 radical (unpaired) electrons. The molecule has 1 unspecified atom stereocenters. The van der Waals surface area contributed by atoms with Crippen molar-refractivity contribution in [1.29, 1.82) is 0 Å². The highest BCUT2D eigenvalue weighted by Gasteiger charge is 2.24. The van der Waals surface area contributed by atoms with E-state index < -0.39 is 16.9 Å². The van der Waals surface area contributed by atoms with Gasteiger partial charge in [-0.05, 0) is 25.1 Å². The molecule has 3 aromatic rings. The molecule has 0 spiro atoms. The van der Waals surface area contributed by atoms with Gasteiger partial charge in [-0.1, -0.05) is 29.5 Å². The fourth-order valence-electron chi connectivity index (χ4n) is 2.16. The molecule has 0 fully saturated rings. The summed E-state index contributed by atoms with van der Waals surface area (Å²) >= 11 is 0. The van der Waals surface area contributed by atoms with Crippen LogP contribution in [0.5, 0.6) is 5.75 Å². The Morgan fingerprint density at radius 3 is 2.70 bits per heavy atom. The zero-order chi connectivity index (χ0) is 16.4. The molecule has 0 amide bonds. The van der Waals surface area contributed by atoms with E-state index in [9.17, 15) is 14.9 Å². The second kappa shape index (κ2) is 5.84. The number of para-hydroxylation sites is 3. The SMILES string of the molecule is CC(C(=O)Oc1ccccc1[N+](=O)[O-])n1nnc2ccccc21. The Bertz CT molecular complexity index is 890. The summed E-state index contributed by atoms with van der Waals surface area (Å²) in [5, 5.41) is 18.9. The number of rotatable bonds is 4. The van der Waals surface area contributed by atoms with Gasteiger partial charge in [0.2, 0.25) is 5.75 Å². The van der Waals surface area contributed by atoms with Crippen LogP contribution in [0.15, 0.2) is 48.5 Å². The maximum atomic E-state index is 12.3. The number of nitrogens with zero attached hydrogens (tertiary/aromatic N) is 4. The molecule has 0 saturated carbocycles. The standard InChI is InChI=1S/C15H12N4O4/c1-10(18-12-7-3-2-6-11(12)16-17-18)15(20)23-14-9-5-4-8-13(14)19(21)22/h2-10H,1H3. The van der Waals surface area contributed by atoms with Crippen molar-refractivity contribution < 1.29 is 14.5 Å².